The van der Waals surface area contributed by atoms with E-state index in [9.17, 15) is 0 Å². The Morgan fingerprint density at radius 1 is 1.46 bits per heavy atom. The lowest BCUT2D eigenvalue weighted by Crippen LogP contribution is -1.85. The Balaban J connectivity index is 2.53. The third-order valence-corrected chi connectivity index (χ3v) is 1.90. The summed E-state index contributed by atoms with van der Waals surface area (Å²) in [5.74, 6) is 0.360. The first-order valence-corrected chi connectivity index (χ1v) is 3.91. The molecule has 0 unspecified atom stereocenters. The molecule has 2 rings (SSSR count). The maximum absolute atomic E-state index is 5.53. The summed E-state index contributed by atoms with van der Waals surface area (Å²) in [7, 11) is 0. The number of nitrogen functional groups attached to an aromatic ring is 1. The molecule has 0 fully saturated rings. The van der Waals surface area contributed by atoms with Crippen LogP contribution in [0.3, 0.4) is 0 Å². The van der Waals surface area contributed by atoms with Gasteiger partial charge >= 0.3 is 0 Å². The zero-order chi connectivity index (χ0) is 9.26. The van der Waals surface area contributed by atoms with Crippen molar-refractivity contribution in [1.82, 2.24) is 10.1 Å². The van der Waals surface area contributed by atoms with Crippen LogP contribution in [0.2, 0.25) is 0 Å². The van der Waals surface area contributed by atoms with E-state index in [1.165, 1.54) is 0 Å². The van der Waals surface area contributed by atoms with Gasteiger partial charge in [-0.1, -0.05) is 5.16 Å². The predicted molar refractivity (Wildman–Crippen MR) is 48.9 cm³/mol. The van der Waals surface area contributed by atoms with Gasteiger partial charge in [0.15, 0.2) is 0 Å². The van der Waals surface area contributed by atoms with Gasteiger partial charge in [0.05, 0.1) is 0 Å². The SMILES string of the molecule is Cc1c(-c2cccnc2)noc1N. The van der Waals surface area contributed by atoms with Gasteiger partial charge in [0.2, 0.25) is 5.88 Å². The van der Waals surface area contributed by atoms with E-state index in [2.05, 4.69) is 10.1 Å². The molecule has 2 aromatic heterocycles. The van der Waals surface area contributed by atoms with Crippen molar-refractivity contribution < 1.29 is 4.52 Å². The average Bonchev–Trinajstić information content (AvgIpc) is 2.49. The van der Waals surface area contributed by atoms with Gasteiger partial charge in [0.25, 0.3) is 0 Å². The zero-order valence-corrected chi connectivity index (χ0v) is 7.19. The molecule has 2 heterocycles. The Hall–Kier alpha value is -1.84. The summed E-state index contributed by atoms with van der Waals surface area (Å²) in [6.45, 7) is 1.87. The summed E-state index contributed by atoms with van der Waals surface area (Å²) >= 11 is 0. The first-order valence-electron chi connectivity index (χ1n) is 3.91. The predicted octanol–water partition coefficient (Wildman–Crippen LogP) is 1.63. The molecule has 4 nitrogen and oxygen atoms in total. The summed E-state index contributed by atoms with van der Waals surface area (Å²) in [6.07, 6.45) is 3.44. The minimum Gasteiger partial charge on any atom is -0.367 e. The van der Waals surface area contributed by atoms with E-state index in [1.807, 2.05) is 19.1 Å². The van der Waals surface area contributed by atoms with Gasteiger partial charge in [-0.15, -0.1) is 0 Å². The fourth-order valence-electron chi connectivity index (χ4n) is 1.12. The topological polar surface area (TPSA) is 64.9 Å². The van der Waals surface area contributed by atoms with Crippen LogP contribution in [-0.2, 0) is 0 Å². The van der Waals surface area contributed by atoms with Crippen molar-refractivity contribution in [2.45, 2.75) is 6.92 Å². The van der Waals surface area contributed by atoms with Gasteiger partial charge in [0.1, 0.15) is 5.69 Å². The highest BCUT2D eigenvalue weighted by atomic mass is 16.5. The van der Waals surface area contributed by atoms with Crippen LogP contribution in [0.25, 0.3) is 11.3 Å². The van der Waals surface area contributed by atoms with Crippen molar-refractivity contribution >= 4 is 5.88 Å². The number of pyridine rings is 1. The second-order valence-corrected chi connectivity index (χ2v) is 2.76. The summed E-state index contributed by atoms with van der Waals surface area (Å²) in [6, 6.07) is 3.76. The molecule has 0 aliphatic carbocycles. The highest BCUT2D eigenvalue weighted by Crippen LogP contribution is 2.24. The van der Waals surface area contributed by atoms with Crippen molar-refractivity contribution in [3.63, 3.8) is 0 Å². The monoisotopic (exact) mass is 175 g/mol. The van der Waals surface area contributed by atoms with Crippen LogP contribution in [-0.4, -0.2) is 10.1 Å². The van der Waals surface area contributed by atoms with Crippen LogP contribution >= 0.6 is 0 Å². The lowest BCUT2D eigenvalue weighted by Gasteiger charge is -1.94. The summed E-state index contributed by atoms with van der Waals surface area (Å²) in [5.41, 5.74) is 8.06. The van der Waals surface area contributed by atoms with E-state index < -0.39 is 0 Å². The molecular formula is C9H9N3O. The van der Waals surface area contributed by atoms with E-state index >= 15 is 0 Å². The van der Waals surface area contributed by atoms with Gasteiger partial charge in [-0.2, -0.15) is 0 Å². The van der Waals surface area contributed by atoms with Crippen molar-refractivity contribution in [2.24, 2.45) is 0 Å². The highest BCUT2D eigenvalue weighted by Gasteiger charge is 2.10. The van der Waals surface area contributed by atoms with Gasteiger partial charge < -0.3 is 10.3 Å². The number of nitrogens with two attached hydrogens (primary N) is 1. The quantitative estimate of drug-likeness (QED) is 0.715. The van der Waals surface area contributed by atoms with Crippen LogP contribution in [0.1, 0.15) is 5.56 Å². The Morgan fingerprint density at radius 2 is 2.31 bits per heavy atom. The number of rotatable bonds is 1. The molecule has 0 atom stereocenters. The molecule has 0 spiro atoms. The molecular weight excluding hydrogens is 166 g/mol. The zero-order valence-electron chi connectivity index (χ0n) is 7.19. The van der Waals surface area contributed by atoms with E-state index in [1.54, 1.807) is 12.4 Å². The number of aromatic nitrogens is 2. The van der Waals surface area contributed by atoms with Crippen LogP contribution in [0.5, 0.6) is 0 Å². The Labute approximate surface area is 75.4 Å². The first kappa shape index (κ1) is 7.79. The van der Waals surface area contributed by atoms with Crippen molar-refractivity contribution in [3.8, 4) is 11.3 Å². The molecule has 2 N–H and O–H groups in total. The summed E-state index contributed by atoms with van der Waals surface area (Å²) < 4.78 is 4.85. The molecule has 0 aliphatic rings. The van der Waals surface area contributed by atoms with Crippen LogP contribution in [0.15, 0.2) is 29.0 Å². The number of hydrogen-bond acceptors (Lipinski definition) is 4. The Bertz CT molecular complexity index is 408. The normalized spacial score (nSPS) is 10.2. The second kappa shape index (κ2) is 2.90. The third-order valence-electron chi connectivity index (χ3n) is 1.90. The molecule has 0 amide bonds. The first-order chi connectivity index (χ1) is 6.29. The van der Waals surface area contributed by atoms with Crippen molar-refractivity contribution in [1.29, 1.82) is 0 Å². The van der Waals surface area contributed by atoms with Crippen LogP contribution in [0.4, 0.5) is 5.88 Å². The second-order valence-electron chi connectivity index (χ2n) is 2.76. The lowest BCUT2D eigenvalue weighted by atomic mass is 10.1. The molecule has 0 aromatic carbocycles. The Kier molecular flexibility index (Phi) is 1.73. The maximum atomic E-state index is 5.53. The Morgan fingerprint density at radius 3 is 2.85 bits per heavy atom. The summed E-state index contributed by atoms with van der Waals surface area (Å²) in [4.78, 5) is 3.99. The molecule has 0 aliphatic heterocycles. The standard InChI is InChI=1S/C9H9N3O/c1-6-8(12-13-9(6)10)7-3-2-4-11-5-7/h2-5H,10H2,1H3. The van der Waals surface area contributed by atoms with Gasteiger partial charge in [0, 0.05) is 23.5 Å². The molecule has 2 aromatic rings. The minimum atomic E-state index is 0.360. The summed E-state index contributed by atoms with van der Waals surface area (Å²) in [5, 5.41) is 3.85. The number of hydrogen-bond donors (Lipinski definition) is 1. The molecule has 4 heteroatoms. The smallest absolute Gasteiger partial charge is 0.225 e. The molecule has 0 bridgehead atoms. The largest absolute Gasteiger partial charge is 0.367 e. The van der Waals surface area contributed by atoms with Gasteiger partial charge in [-0.3, -0.25) is 4.98 Å². The van der Waals surface area contributed by atoms with E-state index in [0.717, 1.165) is 16.8 Å². The highest BCUT2D eigenvalue weighted by molar-refractivity contribution is 5.65. The van der Waals surface area contributed by atoms with Gasteiger partial charge in [-0.25, -0.2) is 0 Å². The fourth-order valence-corrected chi connectivity index (χ4v) is 1.12. The van der Waals surface area contributed by atoms with E-state index in [-0.39, 0.29) is 0 Å². The van der Waals surface area contributed by atoms with Crippen LogP contribution < -0.4 is 5.73 Å². The number of anilines is 1. The van der Waals surface area contributed by atoms with Crippen molar-refractivity contribution in [2.75, 3.05) is 5.73 Å². The average molecular weight is 175 g/mol. The molecule has 66 valence electrons. The maximum Gasteiger partial charge on any atom is 0.225 e. The van der Waals surface area contributed by atoms with E-state index in [0.29, 0.717) is 5.88 Å². The third kappa shape index (κ3) is 1.26. The molecule has 0 saturated carbocycles. The molecule has 0 radical (unpaired) electrons. The molecule has 13 heavy (non-hydrogen) atoms. The van der Waals surface area contributed by atoms with Crippen molar-refractivity contribution in [3.05, 3.63) is 30.1 Å². The van der Waals surface area contributed by atoms with Gasteiger partial charge in [-0.05, 0) is 19.1 Å². The minimum absolute atomic E-state index is 0.360. The lowest BCUT2D eigenvalue weighted by molar-refractivity contribution is 0.439. The fraction of sp³-hybridized carbons (Fsp3) is 0.111. The van der Waals surface area contributed by atoms with E-state index in [4.69, 9.17) is 10.3 Å². The molecule has 0 saturated heterocycles. The van der Waals surface area contributed by atoms with Crippen LogP contribution in [0, 0.1) is 6.92 Å². The number of nitrogens with zero attached hydrogens (tertiary/aromatic N) is 2.